The van der Waals surface area contributed by atoms with Crippen molar-refractivity contribution in [1.29, 1.82) is 0 Å². The lowest BCUT2D eigenvalue weighted by Gasteiger charge is -2.09. The average molecular weight is 372 g/mol. The lowest BCUT2D eigenvalue weighted by atomic mass is 10.1. The van der Waals surface area contributed by atoms with Crippen LogP contribution in [0.5, 0.6) is 0 Å². The quantitative estimate of drug-likeness (QED) is 0.484. The minimum atomic E-state index is -0.385. The molecule has 0 radical (unpaired) electrons. The number of amides is 1. The Morgan fingerprint density at radius 3 is 2.22 bits per heavy atom. The molecule has 5 heteroatoms. The number of nitrogens with one attached hydrogen (secondary N) is 2. The summed E-state index contributed by atoms with van der Waals surface area (Å²) < 4.78 is 5.55. The second-order valence-electron chi connectivity index (χ2n) is 6.00. The summed E-state index contributed by atoms with van der Waals surface area (Å²) in [5.74, 6) is -0.163. The van der Waals surface area contributed by atoms with Crippen LogP contribution in [0.3, 0.4) is 0 Å². The predicted molar refractivity (Wildman–Crippen MR) is 112 cm³/mol. The lowest BCUT2D eigenvalue weighted by Crippen LogP contribution is -2.33. The molecule has 0 bridgehead atoms. The van der Waals surface area contributed by atoms with Gasteiger partial charge in [-0.25, -0.2) is 0 Å². The first-order valence-electron chi connectivity index (χ1n) is 8.45. The lowest BCUT2D eigenvalue weighted by molar-refractivity contribution is 0.0953. The molecule has 0 saturated heterocycles. The van der Waals surface area contributed by atoms with E-state index in [1.807, 2.05) is 66.7 Å². The molecule has 0 aliphatic rings. The van der Waals surface area contributed by atoms with E-state index in [-0.39, 0.29) is 16.8 Å². The van der Waals surface area contributed by atoms with Crippen LogP contribution in [0, 0.1) is 0 Å². The first-order chi connectivity index (χ1) is 13.2. The highest BCUT2D eigenvalue weighted by molar-refractivity contribution is 7.80. The molecule has 0 saturated carbocycles. The van der Waals surface area contributed by atoms with Gasteiger partial charge in [0.1, 0.15) is 5.58 Å². The largest absolute Gasteiger partial charge is 0.451 e. The number of carbonyl (C=O) groups is 1. The number of para-hydroxylation sites is 1. The molecular weight excluding hydrogens is 356 g/mol. The van der Waals surface area contributed by atoms with E-state index >= 15 is 0 Å². The standard InChI is InChI=1S/C22H16N2O2S/c25-21(20-14-17-8-4-5-9-19(17)26-20)24-22(27)23-18-12-10-16(11-13-18)15-6-2-1-3-7-15/h1-14H,(H2,23,24,25,27). The molecule has 0 aliphatic carbocycles. The topological polar surface area (TPSA) is 54.3 Å². The monoisotopic (exact) mass is 372 g/mol. The van der Waals surface area contributed by atoms with E-state index < -0.39 is 0 Å². The predicted octanol–water partition coefficient (Wildman–Crippen LogP) is 5.23. The van der Waals surface area contributed by atoms with Crippen LogP contribution in [0.25, 0.3) is 22.1 Å². The molecular formula is C22H16N2O2S. The second-order valence-corrected chi connectivity index (χ2v) is 6.41. The van der Waals surface area contributed by atoms with Gasteiger partial charge in [0, 0.05) is 11.1 Å². The maximum Gasteiger partial charge on any atom is 0.293 e. The van der Waals surface area contributed by atoms with E-state index in [4.69, 9.17) is 16.6 Å². The Morgan fingerprint density at radius 1 is 0.815 bits per heavy atom. The van der Waals surface area contributed by atoms with Gasteiger partial charge in [-0.1, -0.05) is 60.7 Å². The van der Waals surface area contributed by atoms with Crippen LogP contribution in [-0.2, 0) is 0 Å². The fourth-order valence-electron chi connectivity index (χ4n) is 2.80. The molecule has 4 nitrogen and oxygen atoms in total. The molecule has 1 amide bonds. The van der Waals surface area contributed by atoms with Gasteiger partial charge >= 0.3 is 0 Å². The fourth-order valence-corrected chi connectivity index (χ4v) is 3.01. The highest BCUT2D eigenvalue weighted by atomic mass is 32.1. The number of thiocarbonyl (C=S) groups is 1. The van der Waals surface area contributed by atoms with Crippen molar-refractivity contribution < 1.29 is 9.21 Å². The maximum absolute atomic E-state index is 12.3. The number of benzene rings is 3. The first kappa shape index (κ1) is 17.0. The Hall–Kier alpha value is -3.44. The maximum atomic E-state index is 12.3. The number of fused-ring (bicyclic) bond motifs is 1. The molecule has 27 heavy (non-hydrogen) atoms. The molecule has 1 heterocycles. The van der Waals surface area contributed by atoms with Crippen molar-refractivity contribution in [3.8, 4) is 11.1 Å². The zero-order chi connectivity index (χ0) is 18.6. The van der Waals surface area contributed by atoms with Crippen LogP contribution in [0.4, 0.5) is 5.69 Å². The van der Waals surface area contributed by atoms with Crippen LogP contribution in [0.15, 0.2) is 89.3 Å². The summed E-state index contributed by atoms with van der Waals surface area (Å²) in [5, 5.41) is 6.74. The van der Waals surface area contributed by atoms with Crippen LogP contribution >= 0.6 is 12.2 Å². The number of anilines is 1. The van der Waals surface area contributed by atoms with Gasteiger partial charge in [0.25, 0.3) is 5.91 Å². The summed E-state index contributed by atoms with van der Waals surface area (Å²) in [6, 6.07) is 27.1. The smallest absolute Gasteiger partial charge is 0.293 e. The third-order valence-electron chi connectivity index (χ3n) is 4.13. The number of rotatable bonds is 3. The van der Waals surface area contributed by atoms with Crippen LogP contribution in [-0.4, -0.2) is 11.0 Å². The summed E-state index contributed by atoms with van der Waals surface area (Å²) in [6.45, 7) is 0. The summed E-state index contributed by atoms with van der Waals surface area (Å²) in [7, 11) is 0. The van der Waals surface area contributed by atoms with E-state index in [2.05, 4.69) is 22.8 Å². The summed E-state index contributed by atoms with van der Waals surface area (Å²) in [5.41, 5.74) is 3.71. The van der Waals surface area contributed by atoms with Gasteiger partial charge in [-0.05, 0) is 47.6 Å². The zero-order valence-electron chi connectivity index (χ0n) is 14.3. The molecule has 132 valence electrons. The molecule has 0 spiro atoms. The third-order valence-corrected chi connectivity index (χ3v) is 4.33. The molecule has 4 aromatic rings. The van der Waals surface area contributed by atoms with Gasteiger partial charge in [-0.15, -0.1) is 0 Å². The van der Waals surface area contributed by atoms with Crippen LogP contribution in [0.2, 0.25) is 0 Å². The van der Waals surface area contributed by atoms with Gasteiger partial charge in [-0.2, -0.15) is 0 Å². The van der Waals surface area contributed by atoms with Crippen molar-refractivity contribution in [1.82, 2.24) is 5.32 Å². The highest BCUT2D eigenvalue weighted by Gasteiger charge is 2.13. The first-order valence-corrected chi connectivity index (χ1v) is 8.86. The summed E-state index contributed by atoms with van der Waals surface area (Å²) in [6.07, 6.45) is 0. The van der Waals surface area contributed by atoms with Crippen LogP contribution < -0.4 is 10.6 Å². The van der Waals surface area contributed by atoms with Gasteiger partial charge in [0.15, 0.2) is 10.9 Å². The minimum Gasteiger partial charge on any atom is -0.451 e. The Labute approximate surface area is 161 Å². The second kappa shape index (κ2) is 7.43. The van der Waals surface area contributed by atoms with Crippen molar-refractivity contribution in [3.63, 3.8) is 0 Å². The Morgan fingerprint density at radius 2 is 1.48 bits per heavy atom. The van der Waals surface area contributed by atoms with Gasteiger partial charge in [-0.3, -0.25) is 10.1 Å². The Balaban J connectivity index is 1.41. The number of hydrogen-bond donors (Lipinski definition) is 2. The third kappa shape index (κ3) is 3.88. The molecule has 4 rings (SSSR count). The normalized spacial score (nSPS) is 10.5. The fraction of sp³-hybridized carbons (Fsp3) is 0. The van der Waals surface area contributed by atoms with Crippen LogP contribution in [0.1, 0.15) is 10.6 Å². The Bertz CT molecular complexity index is 1070. The summed E-state index contributed by atoms with van der Waals surface area (Å²) >= 11 is 5.23. The van der Waals surface area contributed by atoms with Crippen molar-refractivity contribution in [2.45, 2.75) is 0 Å². The van der Waals surface area contributed by atoms with E-state index in [0.717, 1.165) is 22.2 Å². The van der Waals surface area contributed by atoms with Gasteiger partial charge in [0.2, 0.25) is 0 Å². The van der Waals surface area contributed by atoms with Crippen molar-refractivity contribution >= 4 is 39.9 Å². The van der Waals surface area contributed by atoms with Crippen molar-refractivity contribution in [2.24, 2.45) is 0 Å². The number of carbonyl (C=O) groups excluding carboxylic acids is 1. The number of furan rings is 1. The van der Waals surface area contributed by atoms with E-state index in [9.17, 15) is 4.79 Å². The molecule has 2 N–H and O–H groups in total. The van der Waals surface area contributed by atoms with Crippen molar-refractivity contribution in [2.75, 3.05) is 5.32 Å². The molecule has 3 aromatic carbocycles. The zero-order valence-corrected chi connectivity index (χ0v) is 15.1. The molecule has 0 aliphatic heterocycles. The average Bonchev–Trinajstić information content (AvgIpc) is 3.14. The molecule has 1 aromatic heterocycles. The molecule has 0 fully saturated rings. The molecule has 0 atom stereocenters. The number of hydrogen-bond acceptors (Lipinski definition) is 3. The van der Waals surface area contributed by atoms with Crippen molar-refractivity contribution in [3.05, 3.63) is 90.7 Å². The SMILES string of the molecule is O=C(NC(=S)Nc1ccc(-c2ccccc2)cc1)c1cc2ccccc2o1. The van der Waals surface area contributed by atoms with E-state index in [1.54, 1.807) is 6.07 Å². The highest BCUT2D eigenvalue weighted by Crippen LogP contribution is 2.21. The van der Waals surface area contributed by atoms with Gasteiger partial charge < -0.3 is 9.73 Å². The van der Waals surface area contributed by atoms with E-state index in [1.165, 1.54) is 0 Å². The summed E-state index contributed by atoms with van der Waals surface area (Å²) in [4.78, 5) is 12.3. The Kier molecular flexibility index (Phi) is 4.68. The van der Waals surface area contributed by atoms with E-state index in [0.29, 0.717) is 5.58 Å². The molecule has 0 unspecified atom stereocenters. The minimum absolute atomic E-state index is 0.216. The van der Waals surface area contributed by atoms with Gasteiger partial charge in [0.05, 0.1) is 0 Å².